The topological polar surface area (TPSA) is 42.0 Å². The normalized spacial score (nSPS) is 16.2. The van der Waals surface area contributed by atoms with Gasteiger partial charge in [-0.25, -0.2) is 0 Å². The number of halogens is 4. The van der Waals surface area contributed by atoms with Crippen molar-refractivity contribution in [2.45, 2.75) is 32.9 Å². The maximum absolute atomic E-state index is 12.7. The zero-order valence-electron chi connectivity index (χ0n) is 14.0. The highest BCUT2D eigenvalue weighted by Crippen LogP contribution is 2.31. The van der Waals surface area contributed by atoms with Gasteiger partial charge >= 0.3 is 11.7 Å². The summed E-state index contributed by atoms with van der Waals surface area (Å²) in [5, 5.41) is -0.518. The number of hydrogen-bond acceptors (Lipinski definition) is 4. The van der Waals surface area contributed by atoms with Crippen LogP contribution >= 0.6 is 11.6 Å². The largest absolute Gasteiger partial charge is 0.573 e. The molecular formula is C16H20ClF3N2O3. The molecule has 1 aromatic rings. The maximum atomic E-state index is 12.7. The lowest BCUT2D eigenvalue weighted by molar-refractivity contribution is -0.275. The lowest BCUT2D eigenvalue weighted by Gasteiger charge is -2.33. The molecule has 0 aliphatic carbocycles. The summed E-state index contributed by atoms with van der Waals surface area (Å²) in [5.74, 6) is 0.0389. The van der Waals surface area contributed by atoms with Gasteiger partial charge in [0.05, 0.1) is 6.10 Å². The number of nitrogens with zero attached hydrogens (tertiary/aromatic N) is 2. The van der Waals surface area contributed by atoms with Crippen LogP contribution in [-0.4, -0.2) is 53.8 Å². The molecule has 1 heterocycles. The third kappa shape index (κ3) is 6.28. The molecule has 5 nitrogen and oxygen atoms in total. The van der Waals surface area contributed by atoms with Crippen molar-refractivity contribution < 1.29 is 27.4 Å². The van der Waals surface area contributed by atoms with Crippen LogP contribution in [0.5, 0.6) is 11.5 Å². The van der Waals surface area contributed by atoms with E-state index >= 15 is 0 Å². The van der Waals surface area contributed by atoms with E-state index in [-0.39, 0.29) is 18.4 Å². The number of benzene rings is 1. The van der Waals surface area contributed by atoms with Crippen LogP contribution in [-0.2, 0) is 6.54 Å². The predicted molar refractivity (Wildman–Crippen MR) is 87.0 cm³/mol. The van der Waals surface area contributed by atoms with Crippen LogP contribution in [0.1, 0.15) is 19.4 Å². The summed E-state index contributed by atoms with van der Waals surface area (Å²) in [6.45, 7) is 5.77. The van der Waals surface area contributed by atoms with Gasteiger partial charge in [-0.15, -0.1) is 13.2 Å². The number of rotatable bonds is 5. The first-order valence-electron chi connectivity index (χ1n) is 7.86. The van der Waals surface area contributed by atoms with Crippen molar-refractivity contribution in [3.63, 3.8) is 0 Å². The number of carbonyl (C=O) groups is 1. The molecular weight excluding hydrogens is 361 g/mol. The van der Waals surface area contributed by atoms with Gasteiger partial charge in [0, 0.05) is 44.4 Å². The highest BCUT2D eigenvalue weighted by molar-refractivity contribution is 6.62. The van der Waals surface area contributed by atoms with E-state index in [9.17, 15) is 18.0 Å². The predicted octanol–water partition coefficient (Wildman–Crippen LogP) is 3.85. The second-order valence-corrected chi connectivity index (χ2v) is 6.32. The van der Waals surface area contributed by atoms with Crippen molar-refractivity contribution in [1.82, 2.24) is 9.80 Å². The van der Waals surface area contributed by atoms with Gasteiger partial charge in [-0.3, -0.25) is 9.69 Å². The summed E-state index contributed by atoms with van der Waals surface area (Å²) < 4.78 is 47.7. The quantitative estimate of drug-likeness (QED) is 0.575. The Hall–Kier alpha value is -1.67. The lowest BCUT2D eigenvalue weighted by Crippen LogP contribution is -2.46. The molecule has 0 spiro atoms. The average molecular weight is 381 g/mol. The zero-order valence-corrected chi connectivity index (χ0v) is 14.7. The Kier molecular flexibility index (Phi) is 6.40. The van der Waals surface area contributed by atoms with E-state index in [4.69, 9.17) is 16.3 Å². The molecule has 1 fully saturated rings. The van der Waals surface area contributed by atoms with Crippen LogP contribution in [0.4, 0.5) is 18.0 Å². The second kappa shape index (κ2) is 8.14. The molecule has 140 valence electrons. The Morgan fingerprint density at radius 1 is 1.24 bits per heavy atom. The van der Waals surface area contributed by atoms with Crippen molar-refractivity contribution in [2.75, 3.05) is 26.2 Å². The van der Waals surface area contributed by atoms with Gasteiger partial charge < -0.3 is 14.4 Å². The highest BCUT2D eigenvalue weighted by Gasteiger charge is 2.32. The van der Waals surface area contributed by atoms with E-state index in [2.05, 4.69) is 4.74 Å². The van der Waals surface area contributed by atoms with E-state index < -0.39 is 11.7 Å². The Balaban J connectivity index is 2.11. The van der Waals surface area contributed by atoms with Crippen LogP contribution in [0.2, 0.25) is 0 Å². The van der Waals surface area contributed by atoms with Crippen molar-refractivity contribution in [1.29, 1.82) is 0 Å². The van der Waals surface area contributed by atoms with E-state index in [0.717, 1.165) is 0 Å². The van der Waals surface area contributed by atoms with Crippen LogP contribution in [0.15, 0.2) is 18.2 Å². The minimum Gasteiger partial charge on any atom is -0.491 e. The van der Waals surface area contributed by atoms with Gasteiger partial charge in [0.2, 0.25) is 0 Å². The number of hydrogen-bond donors (Lipinski definition) is 0. The number of ether oxygens (including phenoxy) is 2. The van der Waals surface area contributed by atoms with Gasteiger partial charge in [-0.05, 0) is 31.5 Å². The first kappa shape index (κ1) is 19.7. The molecule has 9 heteroatoms. The molecule has 25 heavy (non-hydrogen) atoms. The SMILES string of the molecule is CC(C)Oc1ccc(CN2CCN(C(=O)Cl)CC2)c(OC(F)(F)F)c1. The molecule has 0 aromatic heterocycles. The Bertz CT molecular complexity index is 603. The molecule has 1 aromatic carbocycles. The minimum absolute atomic E-state index is 0.161. The van der Waals surface area contributed by atoms with Crippen molar-refractivity contribution in [3.8, 4) is 11.5 Å². The summed E-state index contributed by atoms with van der Waals surface area (Å²) >= 11 is 5.43. The molecule has 0 unspecified atom stereocenters. The van der Waals surface area contributed by atoms with E-state index in [1.165, 1.54) is 11.0 Å². The fourth-order valence-corrected chi connectivity index (χ4v) is 2.72. The maximum Gasteiger partial charge on any atom is 0.573 e. The number of piperazine rings is 1. The molecule has 1 aliphatic heterocycles. The van der Waals surface area contributed by atoms with Crippen molar-refractivity contribution in [3.05, 3.63) is 23.8 Å². The van der Waals surface area contributed by atoms with E-state index in [1.807, 2.05) is 4.90 Å². The molecule has 1 aliphatic rings. The molecule has 1 saturated heterocycles. The van der Waals surface area contributed by atoms with E-state index in [0.29, 0.717) is 37.5 Å². The summed E-state index contributed by atoms with van der Waals surface area (Å²) in [6.07, 6.45) is -4.94. The van der Waals surface area contributed by atoms with Crippen LogP contribution in [0.3, 0.4) is 0 Å². The van der Waals surface area contributed by atoms with Crippen LogP contribution < -0.4 is 9.47 Å². The number of carbonyl (C=O) groups excluding carboxylic acids is 1. The number of alkyl halides is 3. The molecule has 0 N–H and O–H groups in total. The highest BCUT2D eigenvalue weighted by atomic mass is 35.5. The first-order valence-corrected chi connectivity index (χ1v) is 8.24. The molecule has 0 radical (unpaired) electrons. The monoisotopic (exact) mass is 380 g/mol. The molecule has 1 amide bonds. The van der Waals surface area contributed by atoms with Gasteiger partial charge in [-0.1, -0.05) is 6.07 Å². The molecule has 0 bridgehead atoms. The summed E-state index contributed by atoms with van der Waals surface area (Å²) in [4.78, 5) is 14.5. The Morgan fingerprint density at radius 3 is 2.40 bits per heavy atom. The molecule has 0 saturated carbocycles. The van der Waals surface area contributed by atoms with Gasteiger partial charge in [0.1, 0.15) is 11.5 Å². The minimum atomic E-state index is -4.78. The van der Waals surface area contributed by atoms with Crippen molar-refractivity contribution in [2.24, 2.45) is 0 Å². The zero-order chi connectivity index (χ0) is 18.6. The fourth-order valence-electron chi connectivity index (χ4n) is 2.55. The average Bonchev–Trinajstić information content (AvgIpc) is 2.48. The fraction of sp³-hybridized carbons (Fsp3) is 0.562. The Morgan fingerprint density at radius 2 is 1.88 bits per heavy atom. The van der Waals surface area contributed by atoms with Crippen molar-refractivity contribution >= 4 is 17.0 Å². The molecule has 2 rings (SSSR count). The van der Waals surface area contributed by atoms with Crippen LogP contribution in [0.25, 0.3) is 0 Å². The summed E-state index contributed by atoms with van der Waals surface area (Å²) in [5.41, 5.74) is 0.402. The molecule has 0 atom stereocenters. The summed E-state index contributed by atoms with van der Waals surface area (Å²) in [6, 6.07) is 4.44. The first-order chi connectivity index (χ1) is 11.6. The Labute approximate surface area is 149 Å². The summed E-state index contributed by atoms with van der Waals surface area (Å²) in [7, 11) is 0. The van der Waals surface area contributed by atoms with Gasteiger partial charge in [0.25, 0.3) is 0 Å². The van der Waals surface area contributed by atoms with Crippen LogP contribution in [0, 0.1) is 0 Å². The third-order valence-electron chi connectivity index (χ3n) is 3.65. The van der Waals surface area contributed by atoms with Gasteiger partial charge in [-0.2, -0.15) is 0 Å². The second-order valence-electron chi connectivity index (χ2n) is 6.00. The smallest absolute Gasteiger partial charge is 0.491 e. The standard InChI is InChI=1S/C16H20ClF3N2O3/c1-11(2)24-13-4-3-12(14(9-13)25-16(18,19)20)10-21-5-7-22(8-6-21)15(17)23/h3-4,9,11H,5-8,10H2,1-2H3. The third-order valence-corrected chi connectivity index (χ3v) is 3.89. The van der Waals surface area contributed by atoms with E-state index in [1.54, 1.807) is 26.0 Å². The number of amides is 1. The van der Waals surface area contributed by atoms with Gasteiger partial charge in [0.15, 0.2) is 0 Å². The lowest BCUT2D eigenvalue weighted by atomic mass is 10.1.